The first-order valence-corrected chi connectivity index (χ1v) is 6.25. The zero-order valence-electron chi connectivity index (χ0n) is 11.8. The van der Waals surface area contributed by atoms with E-state index < -0.39 is 0 Å². The Hall–Kier alpha value is -2.17. The smallest absolute Gasteiger partial charge is 0.225 e. The molecule has 5 nitrogen and oxygen atoms in total. The van der Waals surface area contributed by atoms with Gasteiger partial charge in [-0.1, -0.05) is 6.07 Å². The summed E-state index contributed by atoms with van der Waals surface area (Å²) >= 11 is 0. The Labute approximate surface area is 113 Å². The van der Waals surface area contributed by atoms with Crippen LogP contribution in [-0.4, -0.2) is 29.0 Å². The van der Waals surface area contributed by atoms with Gasteiger partial charge in [0.2, 0.25) is 5.95 Å². The zero-order valence-corrected chi connectivity index (χ0v) is 11.8. The summed E-state index contributed by atoms with van der Waals surface area (Å²) in [5.41, 5.74) is 2.17. The molecule has 0 aromatic carbocycles. The monoisotopic (exact) mass is 257 g/mol. The van der Waals surface area contributed by atoms with E-state index in [0.29, 0.717) is 5.95 Å². The summed E-state index contributed by atoms with van der Waals surface area (Å²) in [6.07, 6.45) is 5.45. The van der Waals surface area contributed by atoms with Gasteiger partial charge < -0.3 is 10.2 Å². The van der Waals surface area contributed by atoms with Crippen molar-refractivity contribution in [1.29, 1.82) is 0 Å². The Morgan fingerprint density at radius 1 is 1.26 bits per heavy atom. The van der Waals surface area contributed by atoms with Crippen LogP contribution in [0.5, 0.6) is 0 Å². The van der Waals surface area contributed by atoms with Gasteiger partial charge >= 0.3 is 0 Å². The molecule has 100 valence electrons. The van der Waals surface area contributed by atoms with E-state index in [1.165, 1.54) is 0 Å². The largest absolute Gasteiger partial charge is 0.362 e. The van der Waals surface area contributed by atoms with E-state index in [2.05, 4.69) is 27.2 Å². The number of pyridine rings is 1. The van der Waals surface area contributed by atoms with Gasteiger partial charge in [-0.2, -0.15) is 4.98 Å². The van der Waals surface area contributed by atoms with Crippen LogP contribution in [0.3, 0.4) is 0 Å². The van der Waals surface area contributed by atoms with Crippen molar-refractivity contribution in [3.05, 3.63) is 41.9 Å². The molecule has 0 spiro atoms. The highest BCUT2D eigenvalue weighted by atomic mass is 15.2. The summed E-state index contributed by atoms with van der Waals surface area (Å²) in [5.74, 6) is 1.56. The maximum Gasteiger partial charge on any atom is 0.225 e. The summed E-state index contributed by atoms with van der Waals surface area (Å²) < 4.78 is 0. The van der Waals surface area contributed by atoms with E-state index in [-0.39, 0.29) is 6.04 Å². The normalized spacial score (nSPS) is 12.0. The molecule has 1 N–H and O–H groups in total. The molecule has 0 amide bonds. The molecular formula is C14H19N5. The maximum atomic E-state index is 4.52. The van der Waals surface area contributed by atoms with Crippen molar-refractivity contribution < 1.29 is 0 Å². The standard InChI is InChI=1S/C14H19N5/c1-10-8-16-14(18-13(10)19(3)4)17-11(2)12-6-5-7-15-9-12/h5-9,11H,1-4H3,(H,16,17,18). The number of anilines is 2. The lowest BCUT2D eigenvalue weighted by Crippen LogP contribution is -2.15. The average Bonchev–Trinajstić information content (AvgIpc) is 2.41. The lowest BCUT2D eigenvalue weighted by atomic mass is 10.1. The molecule has 0 aliphatic carbocycles. The highest BCUT2D eigenvalue weighted by molar-refractivity contribution is 5.48. The maximum absolute atomic E-state index is 4.52. The molecule has 0 aliphatic rings. The predicted octanol–water partition coefficient (Wildman–Crippen LogP) is 2.42. The Morgan fingerprint density at radius 3 is 2.68 bits per heavy atom. The number of hydrogen-bond acceptors (Lipinski definition) is 5. The summed E-state index contributed by atoms with van der Waals surface area (Å²) in [6.45, 7) is 4.07. The van der Waals surface area contributed by atoms with Crippen LogP contribution in [0.2, 0.25) is 0 Å². The van der Waals surface area contributed by atoms with Crippen LogP contribution in [0, 0.1) is 6.92 Å². The number of nitrogens with one attached hydrogen (secondary N) is 1. The van der Waals surface area contributed by atoms with E-state index >= 15 is 0 Å². The minimum atomic E-state index is 0.117. The van der Waals surface area contributed by atoms with E-state index in [1.54, 1.807) is 6.20 Å². The lowest BCUT2D eigenvalue weighted by Gasteiger charge is -2.17. The van der Waals surface area contributed by atoms with E-state index in [0.717, 1.165) is 16.9 Å². The zero-order chi connectivity index (χ0) is 13.8. The Bertz CT molecular complexity index is 539. The second kappa shape index (κ2) is 5.65. The molecule has 0 fully saturated rings. The van der Waals surface area contributed by atoms with Crippen molar-refractivity contribution in [3.8, 4) is 0 Å². The summed E-state index contributed by atoms with van der Waals surface area (Å²) in [6, 6.07) is 4.08. The highest BCUT2D eigenvalue weighted by Gasteiger charge is 2.09. The van der Waals surface area contributed by atoms with Gasteiger partial charge in [0.1, 0.15) is 5.82 Å². The molecule has 1 atom stereocenters. The number of rotatable bonds is 4. The summed E-state index contributed by atoms with van der Waals surface area (Å²) in [4.78, 5) is 14.9. The number of nitrogens with zero attached hydrogens (tertiary/aromatic N) is 4. The fraction of sp³-hybridized carbons (Fsp3) is 0.357. The Balaban J connectivity index is 2.18. The second-order valence-corrected chi connectivity index (χ2v) is 4.75. The molecule has 0 radical (unpaired) electrons. The van der Waals surface area contributed by atoms with Crippen molar-refractivity contribution in [2.24, 2.45) is 0 Å². The number of aryl methyl sites for hydroxylation is 1. The molecule has 1 unspecified atom stereocenters. The molecule has 5 heteroatoms. The van der Waals surface area contributed by atoms with Gasteiger partial charge in [0.25, 0.3) is 0 Å². The Morgan fingerprint density at radius 2 is 2.05 bits per heavy atom. The van der Waals surface area contributed by atoms with Crippen molar-refractivity contribution in [2.45, 2.75) is 19.9 Å². The third kappa shape index (κ3) is 3.19. The summed E-state index contributed by atoms with van der Waals surface area (Å²) in [7, 11) is 3.95. The SMILES string of the molecule is Cc1cnc(NC(C)c2cccnc2)nc1N(C)C. The van der Waals surface area contributed by atoms with Crippen LogP contribution >= 0.6 is 0 Å². The predicted molar refractivity (Wildman–Crippen MR) is 77.4 cm³/mol. The summed E-state index contributed by atoms with van der Waals surface area (Å²) in [5, 5.41) is 3.29. The first-order chi connectivity index (χ1) is 9.08. The molecule has 19 heavy (non-hydrogen) atoms. The Kier molecular flexibility index (Phi) is 3.94. The van der Waals surface area contributed by atoms with Crippen molar-refractivity contribution >= 4 is 11.8 Å². The minimum Gasteiger partial charge on any atom is -0.362 e. The van der Waals surface area contributed by atoms with E-state index in [1.807, 2.05) is 50.4 Å². The molecule has 0 saturated heterocycles. The van der Waals surface area contributed by atoms with Crippen LogP contribution in [0.4, 0.5) is 11.8 Å². The van der Waals surface area contributed by atoms with Gasteiger partial charge in [0.15, 0.2) is 0 Å². The third-order valence-corrected chi connectivity index (χ3v) is 2.90. The van der Waals surface area contributed by atoms with Crippen LogP contribution in [-0.2, 0) is 0 Å². The van der Waals surface area contributed by atoms with Crippen LogP contribution in [0.1, 0.15) is 24.1 Å². The quantitative estimate of drug-likeness (QED) is 0.911. The first kappa shape index (κ1) is 13.3. The van der Waals surface area contributed by atoms with Crippen molar-refractivity contribution in [2.75, 3.05) is 24.3 Å². The molecule has 2 aromatic heterocycles. The van der Waals surface area contributed by atoms with E-state index in [4.69, 9.17) is 0 Å². The van der Waals surface area contributed by atoms with Gasteiger partial charge in [-0.25, -0.2) is 4.98 Å². The highest BCUT2D eigenvalue weighted by Crippen LogP contribution is 2.19. The molecule has 2 heterocycles. The lowest BCUT2D eigenvalue weighted by molar-refractivity contribution is 0.849. The third-order valence-electron chi connectivity index (χ3n) is 2.90. The molecule has 0 saturated carbocycles. The molecule has 0 aliphatic heterocycles. The van der Waals surface area contributed by atoms with Crippen molar-refractivity contribution in [3.63, 3.8) is 0 Å². The van der Waals surface area contributed by atoms with Crippen molar-refractivity contribution in [1.82, 2.24) is 15.0 Å². The molecular weight excluding hydrogens is 238 g/mol. The fourth-order valence-electron chi connectivity index (χ4n) is 1.86. The fourth-order valence-corrected chi connectivity index (χ4v) is 1.86. The van der Waals surface area contributed by atoms with Gasteiger partial charge in [0.05, 0.1) is 6.04 Å². The molecule has 2 rings (SSSR count). The van der Waals surface area contributed by atoms with Gasteiger partial charge in [-0.3, -0.25) is 4.98 Å². The van der Waals surface area contributed by atoms with Crippen LogP contribution in [0.15, 0.2) is 30.7 Å². The topological polar surface area (TPSA) is 53.9 Å². The molecule has 0 bridgehead atoms. The molecule has 2 aromatic rings. The number of aromatic nitrogens is 3. The first-order valence-electron chi connectivity index (χ1n) is 6.25. The van der Waals surface area contributed by atoms with Crippen LogP contribution < -0.4 is 10.2 Å². The van der Waals surface area contributed by atoms with Crippen LogP contribution in [0.25, 0.3) is 0 Å². The van der Waals surface area contributed by atoms with E-state index in [9.17, 15) is 0 Å². The van der Waals surface area contributed by atoms with Gasteiger partial charge in [-0.05, 0) is 25.5 Å². The minimum absolute atomic E-state index is 0.117. The number of hydrogen-bond donors (Lipinski definition) is 1. The van der Waals surface area contributed by atoms with Gasteiger partial charge in [-0.15, -0.1) is 0 Å². The average molecular weight is 257 g/mol. The second-order valence-electron chi connectivity index (χ2n) is 4.75. The van der Waals surface area contributed by atoms with Gasteiger partial charge in [0, 0.05) is 38.2 Å².